The summed E-state index contributed by atoms with van der Waals surface area (Å²) in [6, 6.07) is 18.9. The van der Waals surface area contributed by atoms with Gasteiger partial charge in [-0.25, -0.2) is 4.98 Å². The van der Waals surface area contributed by atoms with E-state index >= 15 is 0 Å². The molecule has 0 aliphatic carbocycles. The van der Waals surface area contributed by atoms with Gasteiger partial charge in [0.05, 0.1) is 6.20 Å². The quantitative estimate of drug-likeness (QED) is 0.705. The van der Waals surface area contributed by atoms with E-state index in [1.807, 2.05) is 6.07 Å². The van der Waals surface area contributed by atoms with Gasteiger partial charge in [-0.2, -0.15) is 0 Å². The Morgan fingerprint density at radius 3 is 2.34 bits per heavy atom. The lowest BCUT2D eigenvalue weighted by Gasteiger charge is -2.36. The monoisotopic (exact) mass is 387 g/mol. The van der Waals surface area contributed by atoms with Crippen LogP contribution in [0.15, 0.2) is 73.2 Å². The average molecular weight is 387 g/mol. The normalized spacial score (nSPS) is 14.6. The second kappa shape index (κ2) is 9.30. The lowest BCUT2D eigenvalue weighted by atomic mass is 10.1. The Morgan fingerprint density at radius 1 is 0.897 bits per heavy atom. The Labute approximate surface area is 171 Å². The Morgan fingerprint density at radius 2 is 1.62 bits per heavy atom. The van der Waals surface area contributed by atoms with E-state index in [1.54, 1.807) is 6.20 Å². The molecule has 1 fully saturated rings. The van der Waals surface area contributed by atoms with Gasteiger partial charge in [0.1, 0.15) is 5.69 Å². The van der Waals surface area contributed by atoms with Crippen LogP contribution in [0.2, 0.25) is 0 Å². The van der Waals surface area contributed by atoms with Crippen LogP contribution in [0.3, 0.4) is 0 Å². The van der Waals surface area contributed by atoms with Crippen molar-refractivity contribution in [1.29, 1.82) is 0 Å². The molecule has 0 atom stereocenters. The van der Waals surface area contributed by atoms with Gasteiger partial charge < -0.3 is 10.2 Å². The third kappa shape index (κ3) is 4.97. The molecule has 2 aromatic carbocycles. The molecule has 1 amide bonds. The van der Waals surface area contributed by atoms with Gasteiger partial charge >= 0.3 is 0 Å². The smallest absolute Gasteiger partial charge is 0.271 e. The molecule has 0 spiro atoms. The molecule has 1 aliphatic heterocycles. The number of benzene rings is 2. The van der Waals surface area contributed by atoms with Crippen molar-refractivity contribution in [2.75, 3.05) is 31.1 Å². The number of nitrogens with zero attached hydrogens (tertiary/aromatic N) is 4. The molecule has 2 heterocycles. The zero-order valence-electron chi connectivity index (χ0n) is 16.4. The molecular weight excluding hydrogens is 362 g/mol. The number of para-hydroxylation sites is 1. The van der Waals surface area contributed by atoms with E-state index in [-0.39, 0.29) is 5.91 Å². The lowest BCUT2D eigenvalue weighted by molar-refractivity contribution is 0.0945. The first kappa shape index (κ1) is 19.1. The van der Waals surface area contributed by atoms with Crippen LogP contribution in [-0.2, 0) is 13.1 Å². The molecule has 0 unspecified atom stereocenters. The van der Waals surface area contributed by atoms with E-state index in [4.69, 9.17) is 0 Å². The van der Waals surface area contributed by atoms with Gasteiger partial charge in [-0.15, -0.1) is 0 Å². The van der Waals surface area contributed by atoms with Crippen LogP contribution >= 0.6 is 0 Å². The summed E-state index contributed by atoms with van der Waals surface area (Å²) in [5.41, 5.74) is 4.01. The SMILES string of the molecule is O=C(NCc1ccccc1CN1CCN(c2ccccc2)CC1)c1cnccn1. The Kier molecular flexibility index (Phi) is 6.12. The highest BCUT2D eigenvalue weighted by atomic mass is 16.1. The number of aromatic nitrogens is 2. The molecule has 0 bridgehead atoms. The summed E-state index contributed by atoms with van der Waals surface area (Å²) in [5, 5.41) is 2.95. The van der Waals surface area contributed by atoms with Crippen LogP contribution in [0.4, 0.5) is 5.69 Å². The van der Waals surface area contributed by atoms with Gasteiger partial charge in [-0.3, -0.25) is 14.7 Å². The molecule has 0 saturated carbocycles. The number of rotatable bonds is 6. The van der Waals surface area contributed by atoms with Crippen LogP contribution in [0.5, 0.6) is 0 Å². The van der Waals surface area contributed by atoms with Gasteiger partial charge in [-0.05, 0) is 23.3 Å². The third-order valence-corrected chi connectivity index (χ3v) is 5.24. The van der Waals surface area contributed by atoms with Crippen molar-refractivity contribution in [3.8, 4) is 0 Å². The molecule has 6 heteroatoms. The first-order chi connectivity index (χ1) is 14.3. The van der Waals surface area contributed by atoms with Crippen LogP contribution in [0.25, 0.3) is 0 Å². The largest absolute Gasteiger partial charge is 0.369 e. The fraction of sp³-hybridized carbons (Fsp3) is 0.261. The van der Waals surface area contributed by atoms with Gasteiger partial charge in [-0.1, -0.05) is 42.5 Å². The highest BCUT2D eigenvalue weighted by Crippen LogP contribution is 2.18. The molecule has 1 N–H and O–H groups in total. The van der Waals surface area contributed by atoms with E-state index < -0.39 is 0 Å². The molecule has 4 rings (SSSR count). The molecule has 148 valence electrons. The first-order valence-electron chi connectivity index (χ1n) is 9.93. The number of hydrogen-bond donors (Lipinski definition) is 1. The predicted octanol–water partition coefficient (Wildman–Crippen LogP) is 2.73. The van der Waals surface area contributed by atoms with Crippen molar-refractivity contribution in [2.24, 2.45) is 0 Å². The summed E-state index contributed by atoms with van der Waals surface area (Å²) >= 11 is 0. The van der Waals surface area contributed by atoms with Crippen molar-refractivity contribution in [3.63, 3.8) is 0 Å². The van der Waals surface area contributed by atoms with Crippen LogP contribution in [0, 0.1) is 0 Å². The number of amides is 1. The highest BCUT2D eigenvalue weighted by molar-refractivity contribution is 5.91. The fourth-order valence-corrected chi connectivity index (χ4v) is 3.61. The number of anilines is 1. The Hall–Kier alpha value is -3.25. The van der Waals surface area contributed by atoms with Crippen molar-refractivity contribution >= 4 is 11.6 Å². The highest BCUT2D eigenvalue weighted by Gasteiger charge is 2.18. The average Bonchev–Trinajstić information content (AvgIpc) is 2.80. The molecule has 6 nitrogen and oxygen atoms in total. The third-order valence-electron chi connectivity index (χ3n) is 5.24. The summed E-state index contributed by atoms with van der Waals surface area (Å²) in [6.45, 7) is 5.46. The summed E-state index contributed by atoms with van der Waals surface area (Å²) in [7, 11) is 0. The second-order valence-electron chi connectivity index (χ2n) is 7.14. The molecule has 29 heavy (non-hydrogen) atoms. The minimum Gasteiger partial charge on any atom is -0.369 e. The summed E-state index contributed by atoms with van der Waals surface area (Å²) in [6.07, 6.45) is 4.56. The minimum absolute atomic E-state index is 0.204. The molecule has 1 aliphatic rings. The number of hydrogen-bond acceptors (Lipinski definition) is 5. The fourth-order valence-electron chi connectivity index (χ4n) is 3.61. The summed E-state index contributed by atoms with van der Waals surface area (Å²) < 4.78 is 0. The van der Waals surface area contributed by atoms with Crippen LogP contribution in [-0.4, -0.2) is 47.0 Å². The maximum absolute atomic E-state index is 12.3. The van der Waals surface area contributed by atoms with Gasteiger partial charge in [0.2, 0.25) is 0 Å². The molecule has 1 aromatic heterocycles. The zero-order chi connectivity index (χ0) is 19.9. The van der Waals surface area contributed by atoms with Crippen molar-refractivity contribution < 1.29 is 4.79 Å². The number of piperazine rings is 1. The molecule has 3 aromatic rings. The number of carbonyl (C=O) groups excluding carboxylic acids is 1. The van der Waals surface area contributed by atoms with Crippen LogP contribution in [0.1, 0.15) is 21.6 Å². The van der Waals surface area contributed by atoms with Gasteiger partial charge in [0.25, 0.3) is 5.91 Å². The number of nitrogens with one attached hydrogen (secondary N) is 1. The topological polar surface area (TPSA) is 61.4 Å². The van der Waals surface area contributed by atoms with Crippen molar-refractivity contribution in [1.82, 2.24) is 20.2 Å². The lowest BCUT2D eigenvalue weighted by Crippen LogP contribution is -2.46. The minimum atomic E-state index is -0.204. The van der Waals surface area contributed by atoms with Gasteiger partial charge in [0, 0.05) is 57.3 Å². The zero-order valence-corrected chi connectivity index (χ0v) is 16.4. The van der Waals surface area contributed by atoms with E-state index in [9.17, 15) is 4.79 Å². The van der Waals surface area contributed by atoms with Crippen molar-refractivity contribution in [3.05, 3.63) is 90.0 Å². The van der Waals surface area contributed by atoms with E-state index in [2.05, 4.69) is 73.6 Å². The van der Waals surface area contributed by atoms with E-state index in [0.29, 0.717) is 12.2 Å². The number of carbonyl (C=O) groups is 1. The van der Waals surface area contributed by atoms with E-state index in [1.165, 1.54) is 23.6 Å². The molecule has 1 saturated heterocycles. The second-order valence-corrected chi connectivity index (χ2v) is 7.14. The van der Waals surface area contributed by atoms with Gasteiger partial charge in [0.15, 0.2) is 0 Å². The first-order valence-corrected chi connectivity index (χ1v) is 9.93. The Balaban J connectivity index is 1.34. The maximum Gasteiger partial charge on any atom is 0.271 e. The standard InChI is InChI=1S/C23H25N5O/c29-23(22-17-24-10-11-25-22)26-16-19-6-4-5-7-20(19)18-27-12-14-28(15-13-27)21-8-2-1-3-9-21/h1-11,17H,12-16,18H2,(H,26,29). The maximum atomic E-state index is 12.3. The molecule has 0 radical (unpaired) electrons. The molecular formula is C23H25N5O. The summed E-state index contributed by atoms with van der Waals surface area (Å²) in [4.78, 5) is 25.2. The Bertz CT molecular complexity index is 924. The van der Waals surface area contributed by atoms with Crippen LogP contribution < -0.4 is 10.2 Å². The summed E-state index contributed by atoms with van der Waals surface area (Å²) in [5.74, 6) is -0.204. The van der Waals surface area contributed by atoms with E-state index in [0.717, 1.165) is 38.3 Å². The van der Waals surface area contributed by atoms with Crippen molar-refractivity contribution in [2.45, 2.75) is 13.1 Å². The predicted molar refractivity (Wildman–Crippen MR) is 114 cm³/mol.